The number of rotatable bonds is 3. The van der Waals surface area contributed by atoms with Crippen LogP contribution in [0.1, 0.15) is 30.0 Å². The zero-order chi connectivity index (χ0) is 11.6. The molecule has 2 aromatic rings. The van der Waals surface area contributed by atoms with E-state index in [9.17, 15) is 4.79 Å². The highest BCUT2D eigenvalue weighted by Gasteiger charge is 2.28. The van der Waals surface area contributed by atoms with Crippen molar-refractivity contribution in [3.8, 4) is 0 Å². The van der Waals surface area contributed by atoms with Gasteiger partial charge < -0.3 is 4.74 Å². The van der Waals surface area contributed by atoms with Gasteiger partial charge in [0.2, 0.25) is 0 Å². The number of hydrogen-bond donors (Lipinski definition) is 0. The van der Waals surface area contributed by atoms with Gasteiger partial charge >= 0.3 is 11.7 Å². The number of benzene rings is 1. The average Bonchev–Trinajstić information content (AvgIpc) is 2.15. The van der Waals surface area contributed by atoms with E-state index in [-0.39, 0.29) is 5.76 Å². The fourth-order valence-corrected chi connectivity index (χ4v) is 1.36. The first-order chi connectivity index (χ1) is 7.59. The minimum atomic E-state index is -0.696. The SMILES string of the molecule is CC(C)(OC(=O)c1coo1)c1ccccc1. The van der Waals surface area contributed by atoms with Crippen molar-refractivity contribution >= 4 is 5.97 Å². The molecule has 1 aromatic carbocycles. The molecule has 0 radical (unpaired) electrons. The molecule has 0 unspecified atom stereocenters. The first kappa shape index (κ1) is 10.5. The molecule has 0 fully saturated rings. The average molecular weight is 220 g/mol. The molecular weight excluding hydrogens is 208 g/mol. The Morgan fingerprint density at radius 2 is 1.88 bits per heavy atom. The molecule has 0 spiro atoms. The predicted octanol–water partition coefficient (Wildman–Crippen LogP) is 2.96. The van der Waals surface area contributed by atoms with Crippen LogP contribution in [0, 0.1) is 0 Å². The summed E-state index contributed by atoms with van der Waals surface area (Å²) < 4.78 is 14.1. The fourth-order valence-electron chi connectivity index (χ4n) is 1.36. The minimum absolute atomic E-state index is 0.0870. The maximum absolute atomic E-state index is 11.5. The molecule has 0 saturated carbocycles. The third-order valence-electron chi connectivity index (χ3n) is 2.31. The summed E-state index contributed by atoms with van der Waals surface area (Å²) >= 11 is 0. The lowest BCUT2D eigenvalue weighted by Gasteiger charge is -2.25. The predicted molar refractivity (Wildman–Crippen MR) is 55.9 cm³/mol. The molecule has 2 rings (SSSR count). The molecule has 0 N–H and O–H groups in total. The Morgan fingerprint density at radius 3 is 2.38 bits per heavy atom. The molecule has 1 heterocycles. The van der Waals surface area contributed by atoms with Crippen LogP contribution in [0.5, 0.6) is 0 Å². The van der Waals surface area contributed by atoms with Crippen LogP contribution in [0.25, 0.3) is 0 Å². The molecule has 4 heteroatoms. The molecule has 0 amide bonds. The van der Waals surface area contributed by atoms with E-state index in [0.29, 0.717) is 0 Å². The molecule has 84 valence electrons. The summed E-state index contributed by atoms with van der Waals surface area (Å²) in [6.45, 7) is 3.64. The van der Waals surface area contributed by atoms with E-state index in [2.05, 4.69) is 9.15 Å². The quantitative estimate of drug-likeness (QED) is 0.589. The van der Waals surface area contributed by atoms with E-state index >= 15 is 0 Å². The molecule has 0 bridgehead atoms. The minimum Gasteiger partial charge on any atom is -0.449 e. The topological polar surface area (TPSA) is 52.6 Å². The lowest BCUT2D eigenvalue weighted by molar-refractivity contribution is -0.0454. The van der Waals surface area contributed by atoms with Gasteiger partial charge in [-0.05, 0) is 19.4 Å². The monoisotopic (exact) mass is 220 g/mol. The molecule has 0 aliphatic carbocycles. The Hall–Kier alpha value is -1.97. The second-order valence-corrected chi connectivity index (χ2v) is 3.93. The van der Waals surface area contributed by atoms with Gasteiger partial charge in [0.05, 0.1) is 0 Å². The van der Waals surface area contributed by atoms with Crippen molar-refractivity contribution in [3.05, 3.63) is 47.9 Å². The number of esters is 1. The van der Waals surface area contributed by atoms with Gasteiger partial charge in [-0.1, -0.05) is 30.3 Å². The Labute approximate surface area is 92.7 Å². The van der Waals surface area contributed by atoms with Crippen LogP contribution in [-0.4, -0.2) is 5.97 Å². The van der Waals surface area contributed by atoms with E-state index in [4.69, 9.17) is 4.74 Å². The zero-order valence-electron chi connectivity index (χ0n) is 9.10. The van der Waals surface area contributed by atoms with Crippen LogP contribution in [0.4, 0.5) is 0 Å². The zero-order valence-corrected chi connectivity index (χ0v) is 9.10. The molecule has 0 aliphatic heterocycles. The first-order valence-corrected chi connectivity index (χ1v) is 4.92. The summed E-state index contributed by atoms with van der Waals surface area (Å²) in [7, 11) is 0. The number of carbonyl (C=O) groups is 1. The molecule has 16 heavy (non-hydrogen) atoms. The molecule has 1 aromatic heterocycles. The third kappa shape index (κ3) is 2.00. The van der Waals surface area contributed by atoms with E-state index in [0.717, 1.165) is 5.56 Å². The van der Waals surface area contributed by atoms with Crippen molar-refractivity contribution in [1.82, 2.24) is 0 Å². The fraction of sp³-hybridized carbons (Fsp3) is 0.250. The summed E-state index contributed by atoms with van der Waals surface area (Å²) in [5.41, 5.74) is 0.224. The van der Waals surface area contributed by atoms with E-state index in [1.807, 2.05) is 44.2 Å². The highest BCUT2D eigenvalue weighted by atomic mass is 17.0. The molecule has 0 saturated heterocycles. The van der Waals surface area contributed by atoms with Gasteiger partial charge in [-0.3, -0.25) is 9.15 Å². The van der Waals surface area contributed by atoms with Crippen molar-refractivity contribution in [1.29, 1.82) is 0 Å². The lowest BCUT2D eigenvalue weighted by atomic mass is 9.98. The Balaban J connectivity index is 2.13. The highest BCUT2D eigenvalue weighted by molar-refractivity contribution is 5.86. The molecular formula is C12H12O4. The van der Waals surface area contributed by atoms with Gasteiger partial charge in [0.1, 0.15) is 5.60 Å². The molecule has 0 aliphatic rings. The Bertz CT molecular complexity index is 455. The van der Waals surface area contributed by atoms with Crippen molar-refractivity contribution in [2.75, 3.05) is 0 Å². The van der Waals surface area contributed by atoms with Crippen molar-refractivity contribution in [2.45, 2.75) is 19.4 Å². The van der Waals surface area contributed by atoms with Crippen LogP contribution >= 0.6 is 0 Å². The van der Waals surface area contributed by atoms with Crippen molar-refractivity contribution in [3.63, 3.8) is 0 Å². The van der Waals surface area contributed by atoms with Crippen molar-refractivity contribution in [2.24, 2.45) is 0 Å². The van der Waals surface area contributed by atoms with E-state index < -0.39 is 11.6 Å². The second-order valence-electron chi connectivity index (χ2n) is 3.93. The third-order valence-corrected chi connectivity index (χ3v) is 2.31. The van der Waals surface area contributed by atoms with Crippen LogP contribution in [0.3, 0.4) is 0 Å². The standard InChI is InChI=1S/C12H12O4/c1-12(2,9-6-4-3-5-7-9)15-11(13)10-8-14-16-10/h3-8H,1-2H3. The van der Waals surface area contributed by atoms with Crippen LogP contribution in [-0.2, 0) is 10.3 Å². The van der Waals surface area contributed by atoms with Gasteiger partial charge in [-0.2, -0.15) is 0 Å². The number of carbonyl (C=O) groups excluding carboxylic acids is 1. The second kappa shape index (κ2) is 3.89. The van der Waals surface area contributed by atoms with Gasteiger partial charge in [0.25, 0.3) is 0 Å². The lowest BCUT2D eigenvalue weighted by Crippen LogP contribution is -2.25. The van der Waals surface area contributed by atoms with Gasteiger partial charge in [-0.25, -0.2) is 4.79 Å². The smallest absolute Gasteiger partial charge is 0.383 e. The maximum Gasteiger partial charge on any atom is 0.383 e. The van der Waals surface area contributed by atoms with Gasteiger partial charge in [0.15, 0.2) is 6.26 Å². The van der Waals surface area contributed by atoms with E-state index in [1.54, 1.807) is 0 Å². The van der Waals surface area contributed by atoms with Crippen molar-refractivity contribution < 1.29 is 18.7 Å². The molecule has 0 atom stereocenters. The Kier molecular flexibility index (Phi) is 2.56. The summed E-state index contributed by atoms with van der Waals surface area (Å²) in [4.78, 5) is 11.5. The molecule has 4 nitrogen and oxygen atoms in total. The van der Waals surface area contributed by atoms with Gasteiger partial charge in [0, 0.05) is 0 Å². The summed E-state index contributed by atoms with van der Waals surface area (Å²) in [5, 5.41) is 0. The summed E-state index contributed by atoms with van der Waals surface area (Å²) in [6, 6.07) is 9.51. The largest absolute Gasteiger partial charge is 0.449 e. The number of hydrogen-bond acceptors (Lipinski definition) is 4. The normalized spacial score (nSPS) is 11.4. The number of ether oxygens (including phenoxy) is 1. The first-order valence-electron chi connectivity index (χ1n) is 4.92. The van der Waals surface area contributed by atoms with Crippen LogP contribution in [0.2, 0.25) is 0 Å². The summed E-state index contributed by atoms with van der Waals surface area (Å²) in [5.74, 6) is -0.441. The van der Waals surface area contributed by atoms with E-state index in [1.165, 1.54) is 6.26 Å². The van der Waals surface area contributed by atoms with Crippen LogP contribution < -0.4 is 0 Å². The highest BCUT2D eigenvalue weighted by Crippen LogP contribution is 2.25. The van der Waals surface area contributed by atoms with Gasteiger partial charge in [-0.15, -0.1) is 0 Å². The summed E-state index contributed by atoms with van der Waals surface area (Å²) in [6.07, 6.45) is 1.21. The maximum atomic E-state index is 11.5. The Morgan fingerprint density at radius 1 is 1.25 bits per heavy atom. The van der Waals surface area contributed by atoms with Crippen LogP contribution in [0.15, 0.2) is 45.7 Å².